The summed E-state index contributed by atoms with van der Waals surface area (Å²) >= 11 is 0. The number of likely N-dealkylation sites (N-methyl/N-ethyl adjacent to an activating group) is 1. The number of hydrazone groups is 1. The number of carbonyl (C=O) groups is 1. The second-order valence-corrected chi connectivity index (χ2v) is 6.03. The molecule has 0 bridgehead atoms. The van der Waals surface area contributed by atoms with Gasteiger partial charge in [0.05, 0.1) is 12.3 Å². The Morgan fingerprint density at radius 3 is 2.71 bits per heavy atom. The van der Waals surface area contributed by atoms with Gasteiger partial charge in [0.1, 0.15) is 0 Å². The number of hydrogen-bond acceptors (Lipinski definition) is 4. The lowest BCUT2D eigenvalue weighted by Crippen LogP contribution is -2.34. The van der Waals surface area contributed by atoms with E-state index >= 15 is 0 Å². The van der Waals surface area contributed by atoms with E-state index in [4.69, 9.17) is 0 Å². The van der Waals surface area contributed by atoms with Crippen LogP contribution in [0.1, 0.15) is 39.2 Å². The van der Waals surface area contributed by atoms with Gasteiger partial charge in [-0.2, -0.15) is 5.10 Å². The van der Waals surface area contributed by atoms with Gasteiger partial charge in [0.15, 0.2) is 0 Å². The van der Waals surface area contributed by atoms with Crippen LogP contribution in [0.25, 0.3) is 0 Å². The van der Waals surface area contributed by atoms with Crippen molar-refractivity contribution in [2.24, 2.45) is 5.10 Å². The van der Waals surface area contributed by atoms with Crippen molar-refractivity contribution in [1.82, 2.24) is 15.3 Å². The second-order valence-electron chi connectivity index (χ2n) is 6.03. The molecule has 0 aromatic carbocycles. The van der Waals surface area contributed by atoms with Crippen molar-refractivity contribution in [3.05, 3.63) is 52.9 Å². The van der Waals surface area contributed by atoms with Gasteiger partial charge in [-0.05, 0) is 38.0 Å². The monoisotopic (exact) mass is 326 g/mol. The Labute approximate surface area is 144 Å². The molecule has 0 radical (unpaired) electrons. The summed E-state index contributed by atoms with van der Waals surface area (Å²) < 4.78 is 0. The van der Waals surface area contributed by atoms with Crippen LogP contribution in [-0.4, -0.2) is 41.6 Å². The van der Waals surface area contributed by atoms with Gasteiger partial charge >= 0.3 is 0 Å². The largest absolute Gasteiger partial charge is 0.341 e. The SMILES string of the molecule is C/C=C(\C)CC(=O)N(C)CC1=C(CC)CNN=C1c1ccncc1. The van der Waals surface area contributed by atoms with E-state index in [1.165, 1.54) is 5.57 Å². The molecule has 2 heterocycles. The van der Waals surface area contributed by atoms with E-state index in [-0.39, 0.29) is 5.91 Å². The molecule has 5 heteroatoms. The maximum Gasteiger partial charge on any atom is 0.226 e. The summed E-state index contributed by atoms with van der Waals surface area (Å²) in [5.74, 6) is 0.126. The molecular formula is C19H26N4O. The minimum atomic E-state index is 0.126. The molecule has 1 aliphatic rings. The normalized spacial score (nSPS) is 15.0. The zero-order valence-corrected chi connectivity index (χ0v) is 15.0. The first-order valence-electron chi connectivity index (χ1n) is 8.34. The molecule has 2 rings (SSSR count). The van der Waals surface area contributed by atoms with E-state index in [2.05, 4.69) is 22.4 Å². The van der Waals surface area contributed by atoms with Crippen molar-refractivity contribution in [1.29, 1.82) is 0 Å². The standard InChI is InChI=1S/C19H26N4O/c1-5-14(3)11-18(24)23(4)13-17-15(6-2)12-21-22-19(17)16-7-9-20-10-8-16/h5,7-10,21H,6,11-13H2,1-4H3/b14-5+. The van der Waals surface area contributed by atoms with Gasteiger partial charge in [0.25, 0.3) is 0 Å². The molecule has 128 valence electrons. The summed E-state index contributed by atoms with van der Waals surface area (Å²) in [5, 5.41) is 4.50. The van der Waals surface area contributed by atoms with E-state index in [0.717, 1.165) is 35.4 Å². The lowest BCUT2D eigenvalue weighted by molar-refractivity contribution is -0.128. The van der Waals surface area contributed by atoms with Gasteiger partial charge in [-0.3, -0.25) is 9.78 Å². The average molecular weight is 326 g/mol. The van der Waals surface area contributed by atoms with Gasteiger partial charge in [-0.25, -0.2) is 0 Å². The van der Waals surface area contributed by atoms with Crippen LogP contribution in [0.2, 0.25) is 0 Å². The summed E-state index contributed by atoms with van der Waals surface area (Å²) in [4.78, 5) is 18.3. The maximum absolute atomic E-state index is 12.4. The molecule has 0 unspecified atom stereocenters. The summed E-state index contributed by atoms with van der Waals surface area (Å²) in [5.41, 5.74) is 8.54. The van der Waals surface area contributed by atoms with Crippen LogP contribution in [0.5, 0.6) is 0 Å². The molecule has 1 aromatic rings. The number of carbonyl (C=O) groups excluding carboxylic acids is 1. The minimum Gasteiger partial charge on any atom is -0.341 e. The highest BCUT2D eigenvalue weighted by Gasteiger charge is 2.21. The summed E-state index contributed by atoms with van der Waals surface area (Å²) in [6.45, 7) is 7.38. The quantitative estimate of drug-likeness (QED) is 0.818. The molecule has 0 saturated carbocycles. The number of aromatic nitrogens is 1. The summed E-state index contributed by atoms with van der Waals surface area (Å²) in [7, 11) is 1.86. The topological polar surface area (TPSA) is 57.6 Å². The average Bonchev–Trinajstić information content (AvgIpc) is 2.62. The van der Waals surface area contributed by atoms with Crippen LogP contribution in [0.3, 0.4) is 0 Å². The number of allylic oxidation sites excluding steroid dienone is 1. The van der Waals surface area contributed by atoms with Crippen LogP contribution in [0.15, 0.2) is 52.4 Å². The van der Waals surface area contributed by atoms with Crippen molar-refractivity contribution < 1.29 is 4.79 Å². The molecule has 1 amide bonds. The molecule has 0 atom stereocenters. The third kappa shape index (κ3) is 4.31. The van der Waals surface area contributed by atoms with Crippen LogP contribution >= 0.6 is 0 Å². The van der Waals surface area contributed by atoms with E-state index in [1.54, 1.807) is 17.3 Å². The van der Waals surface area contributed by atoms with E-state index in [9.17, 15) is 4.79 Å². The van der Waals surface area contributed by atoms with Crippen LogP contribution < -0.4 is 5.43 Å². The highest BCUT2D eigenvalue weighted by molar-refractivity contribution is 6.13. The molecule has 5 nitrogen and oxygen atoms in total. The smallest absolute Gasteiger partial charge is 0.226 e. The molecule has 24 heavy (non-hydrogen) atoms. The van der Waals surface area contributed by atoms with E-state index < -0.39 is 0 Å². The Balaban J connectivity index is 2.24. The number of nitrogens with one attached hydrogen (secondary N) is 1. The third-order valence-electron chi connectivity index (χ3n) is 4.32. The molecule has 1 aromatic heterocycles. The van der Waals surface area contributed by atoms with E-state index in [0.29, 0.717) is 13.0 Å². The van der Waals surface area contributed by atoms with Gasteiger partial charge in [-0.15, -0.1) is 0 Å². The predicted molar refractivity (Wildman–Crippen MR) is 97.8 cm³/mol. The highest BCUT2D eigenvalue weighted by atomic mass is 16.2. The number of rotatable bonds is 6. The fraction of sp³-hybridized carbons (Fsp3) is 0.421. The van der Waals surface area contributed by atoms with Crippen LogP contribution in [0, 0.1) is 0 Å². The number of amides is 1. The fourth-order valence-electron chi connectivity index (χ4n) is 2.63. The van der Waals surface area contributed by atoms with E-state index in [1.807, 2.05) is 39.1 Å². The van der Waals surface area contributed by atoms with Crippen molar-refractivity contribution in [2.75, 3.05) is 20.1 Å². The Morgan fingerprint density at radius 1 is 1.38 bits per heavy atom. The van der Waals surface area contributed by atoms with Gasteiger partial charge in [0.2, 0.25) is 5.91 Å². The zero-order valence-electron chi connectivity index (χ0n) is 15.0. The molecular weight excluding hydrogens is 300 g/mol. The Morgan fingerprint density at radius 2 is 2.08 bits per heavy atom. The summed E-state index contributed by atoms with van der Waals surface area (Å²) in [6.07, 6.45) is 6.90. The molecule has 0 saturated heterocycles. The van der Waals surface area contributed by atoms with Crippen molar-refractivity contribution in [3.63, 3.8) is 0 Å². The first kappa shape index (κ1) is 17.9. The molecule has 0 aliphatic carbocycles. The van der Waals surface area contributed by atoms with Crippen LogP contribution in [-0.2, 0) is 4.79 Å². The Bertz CT molecular complexity index is 674. The second kappa shape index (κ2) is 8.43. The molecule has 1 aliphatic heterocycles. The number of pyridine rings is 1. The number of nitrogens with zero attached hydrogens (tertiary/aromatic N) is 3. The van der Waals surface area contributed by atoms with Crippen molar-refractivity contribution in [3.8, 4) is 0 Å². The van der Waals surface area contributed by atoms with Gasteiger partial charge in [-0.1, -0.05) is 18.6 Å². The van der Waals surface area contributed by atoms with Crippen LogP contribution in [0.4, 0.5) is 0 Å². The lowest BCUT2D eigenvalue weighted by atomic mass is 9.95. The minimum absolute atomic E-state index is 0.126. The third-order valence-corrected chi connectivity index (χ3v) is 4.32. The predicted octanol–water partition coefficient (Wildman–Crippen LogP) is 2.91. The highest BCUT2D eigenvalue weighted by Crippen LogP contribution is 2.20. The maximum atomic E-state index is 12.4. The van der Waals surface area contributed by atoms with Crippen molar-refractivity contribution in [2.45, 2.75) is 33.6 Å². The first-order valence-corrected chi connectivity index (χ1v) is 8.34. The van der Waals surface area contributed by atoms with Gasteiger partial charge < -0.3 is 10.3 Å². The Kier molecular flexibility index (Phi) is 6.29. The lowest BCUT2D eigenvalue weighted by Gasteiger charge is -2.26. The summed E-state index contributed by atoms with van der Waals surface area (Å²) in [6, 6.07) is 3.90. The fourth-order valence-corrected chi connectivity index (χ4v) is 2.63. The molecule has 0 spiro atoms. The Hall–Kier alpha value is -2.43. The van der Waals surface area contributed by atoms with Gasteiger partial charge in [0, 0.05) is 43.5 Å². The number of hydrogen-bond donors (Lipinski definition) is 1. The first-order chi connectivity index (χ1) is 11.6. The zero-order chi connectivity index (χ0) is 17.5. The molecule has 0 fully saturated rings. The van der Waals surface area contributed by atoms with Crippen molar-refractivity contribution >= 4 is 11.6 Å². The molecule has 1 N–H and O–H groups in total.